The third-order valence-electron chi connectivity index (χ3n) is 3.33. The van der Waals surface area contributed by atoms with Crippen LogP contribution in [0.4, 0.5) is 17.1 Å². The lowest BCUT2D eigenvalue weighted by Crippen LogP contribution is -2.12. The Morgan fingerprint density at radius 1 is 1.35 bits per heavy atom. The van der Waals surface area contributed by atoms with Crippen molar-refractivity contribution in [1.29, 1.82) is 0 Å². The van der Waals surface area contributed by atoms with E-state index in [4.69, 9.17) is 4.74 Å². The van der Waals surface area contributed by atoms with Gasteiger partial charge in [0.05, 0.1) is 11.0 Å². The molecule has 1 aliphatic rings. The summed E-state index contributed by atoms with van der Waals surface area (Å²) in [6.45, 7) is 4.31. The Hall–Kier alpha value is -1.82. The van der Waals surface area contributed by atoms with Crippen molar-refractivity contribution in [3.05, 3.63) is 28.3 Å². The summed E-state index contributed by atoms with van der Waals surface area (Å²) in [5, 5.41) is 17.3. The number of non-ortho nitro benzene ring substituents is 1. The Morgan fingerprint density at radius 3 is 2.70 bits per heavy atom. The molecule has 1 heterocycles. The predicted octanol–water partition coefficient (Wildman–Crippen LogP) is 3.01. The predicted molar refractivity (Wildman–Crippen MR) is 79.3 cm³/mol. The minimum absolute atomic E-state index is 0.100. The van der Waals surface area contributed by atoms with Crippen LogP contribution in [0.25, 0.3) is 0 Å². The van der Waals surface area contributed by atoms with Crippen LogP contribution in [0.3, 0.4) is 0 Å². The van der Waals surface area contributed by atoms with Crippen molar-refractivity contribution in [3.63, 3.8) is 0 Å². The van der Waals surface area contributed by atoms with Crippen LogP contribution in [0.5, 0.6) is 0 Å². The lowest BCUT2D eigenvalue weighted by atomic mass is 10.2. The molecule has 0 aliphatic carbocycles. The van der Waals surface area contributed by atoms with Crippen LogP contribution in [0.15, 0.2) is 18.2 Å². The first kappa shape index (κ1) is 14.6. The quantitative estimate of drug-likeness (QED) is 0.592. The molecule has 2 N–H and O–H groups in total. The first-order valence-electron chi connectivity index (χ1n) is 7.08. The van der Waals surface area contributed by atoms with Crippen LogP contribution in [0.1, 0.15) is 26.2 Å². The first-order valence-corrected chi connectivity index (χ1v) is 7.08. The molecule has 1 saturated heterocycles. The lowest BCUT2D eigenvalue weighted by molar-refractivity contribution is -0.384. The van der Waals surface area contributed by atoms with Crippen LogP contribution in [0, 0.1) is 10.1 Å². The second-order valence-corrected chi connectivity index (χ2v) is 4.91. The molecule has 0 amide bonds. The van der Waals surface area contributed by atoms with Gasteiger partial charge in [-0.3, -0.25) is 10.1 Å². The number of nitro benzene ring substituents is 1. The average molecular weight is 279 g/mol. The van der Waals surface area contributed by atoms with Gasteiger partial charge in [0.2, 0.25) is 0 Å². The molecule has 1 atom stereocenters. The number of hydrogen-bond acceptors (Lipinski definition) is 5. The van der Waals surface area contributed by atoms with Gasteiger partial charge in [0.1, 0.15) is 0 Å². The SMILES string of the molecule is CCNc1cc(NCCC2CCCO2)cc([N+](=O)[O-])c1. The van der Waals surface area contributed by atoms with Gasteiger partial charge in [-0.15, -0.1) is 0 Å². The van der Waals surface area contributed by atoms with Crippen molar-refractivity contribution in [2.24, 2.45) is 0 Å². The fourth-order valence-electron chi connectivity index (χ4n) is 2.37. The van der Waals surface area contributed by atoms with E-state index < -0.39 is 0 Å². The summed E-state index contributed by atoms with van der Waals surface area (Å²) in [5.74, 6) is 0. The monoisotopic (exact) mass is 279 g/mol. The van der Waals surface area contributed by atoms with E-state index in [2.05, 4.69) is 10.6 Å². The summed E-state index contributed by atoms with van der Waals surface area (Å²) in [6.07, 6.45) is 3.50. The van der Waals surface area contributed by atoms with E-state index in [-0.39, 0.29) is 10.6 Å². The standard InChI is InChI=1S/C14H21N3O3/c1-2-15-11-8-12(10-13(9-11)17(18)19)16-6-5-14-4-3-7-20-14/h8-10,14-16H,2-7H2,1H3. The Bertz CT molecular complexity index is 459. The van der Waals surface area contributed by atoms with Gasteiger partial charge in [-0.05, 0) is 32.3 Å². The summed E-state index contributed by atoms with van der Waals surface area (Å²) in [6, 6.07) is 5.01. The Balaban J connectivity index is 1.96. The number of nitrogens with zero attached hydrogens (tertiary/aromatic N) is 1. The van der Waals surface area contributed by atoms with Gasteiger partial charge in [-0.2, -0.15) is 0 Å². The minimum atomic E-state index is -0.369. The van der Waals surface area contributed by atoms with E-state index in [9.17, 15) is 10.1 Å². The van der Waals surface area contributed by atoms with E-state index >= 15 is 0 Å². The molecule has 0 bridgehead atoms. The maximum absolute atomic E-state index is 10.9. The van der Waals surface area contributed by atoms with Crippen LogP contribution >= 0.6 is 0 Å². The molecule has 1 fully saturated rings. The van der Waals surface area contributed by atoms with Gasteiger partial charge < -0.3 is 15.4 Å². The minimum Gasteiger partial charge on any atom is -0.385 e. The zero-order valence-corrected chi connectivity index (χ0v) is 11.7. The van der Waals surface area contributed by atoms with Gasteiger partial charge in [-0.1, -0.05) is 0 Å². The molecule has 1 aliphatic heterocycles. The van der Waals surface area contributed by atoms with Crippen LogP contribution in [-0.4, -0.2) is 30.7 Å². The first-order chi connectivity index (χ1) is 9.69. The van der Waals surface area contributed by atoms with Crippen LogP contribution < -0.4 is 10.6 Å². The molecule has 0 saturated carbocycles. The summed E-state index contributed by atoms with van der Waals surface area (Å²) in [7, 11) is 0. The number of ether oxygens (including phenoxy) is 1. The Kier molecular flexibility index (Phi) is 5.17. The van der Waals surface area contributed by atoms with E-state index in [0.717, 1.165) is 50.3 Å². The van der Waals surface area contributed by atoms with Crippen molar-refractivity contribution in [1.82, 2.24) is 0 Å². The molecular weight excluding hydrogens is 258 g/mol. The van der Waals surface area contributed by atoms with E-state index in [1.165, 1.54) is 0 Å². The van der Waals surface area contributed by atoms with Crippen molar-refractivity contribution >= 4 is 17.1 Å². The molecule has 1 aromatic rings. The van der Waals surface area contributed by atoms with Gasteiger partial charge in [0.25, 0.3) is 5.69 Å². The normalized spacial score (nSPS) is 17.9. The van der Waals surface area contributed by atoms with Crippen LogP contribution in [-0.2, 0) is 4.74 Å². The molecule has 110 valence electrons. The van der Waals surface area contributed by atoms with Crippen molar-refractivity contribution in [2.75, 3.05) is 30.3 Å². The fourth-order valence-corrected chi connectivity index (χ4v) is 2.37. The zero-order chi connectivity index (χ0) is 14.4. The number of rotatable bonds is 7. The molecule has 1 aromatic carbocycles. The molecule has 20 heavy (non-hydrogen) atoms. The average Bonchev–Trinajstić information content (AvgIpc) is 2.92. The molecule has 0 spiro atoms. The van der Waals surface area contributed by atoms with Gasteiger partial charge in [-0.25, -0.2) is 0 Å². The molecule has 6 heteroatoms. The highest BCUT2D eigenvalue weighted by Gasteiger charge is 2.15. The second-order valence-electron chi connectivity index (χ2n) is 4.91. The van der Waals surface area contributed by atoms with Gasteiger partial charge in [0, 0.05) is 43.2 Å². The molecular formula is C14H21N3O3. The summed E-state index contributed by atoms with van der Waals surface area (Å²) < 4.78 is 5.55. The molecule has 2 rings (SSSR count). The number of nitro groups is 1. The number of anilines is 2. The van der Waals surface area contributed by atoms with Crippen molar-refractivity contribution in [2.45, 2.75) is 32.3 Å². The molecule has 1 unspecified atom stereocenters. The maximum atomic E-state index is 10.9. The number of hydrogen-bond donors (Lipinski definition) is 2. The zero-order valence-electron chi connectivity index (χ0n) is 11.7. The Morgan fingerprint density at radius 2 is 2.10 bits per heavy atom. The molecule has 0 radical (unpaired) electrons. The van der Waals surface area contributed by atoms with Crippen LogP contribution in [0.2, 0.25) is 0 Å². The van der Waals surface area contributed by atoms with E-state index in [1.54, 1.807) is 12.1 Å². The highest BCUT2D eigenvalue weighted by Crippen LogP contribution is 2.24. The highest BCUT2D eigenvalue weighted by atomic mass is 16.6. The van der Waals surface area contributed by atoms with E-state index in [0.29, 0.717) is 6.10 Å². The summed E-state index contributed by atoms with van der Waals surface area (Å²) >= 11 is 0. The molecule has 6 nitrogen and oxygen atoms in total. The maximum Gasteiger partial charge on any atom is 0.273 e. The highest BCUT2D eigenvalue weighted by molar-refractivity contribution is 5.63. The topological polar surface area (TPSA) is 76.4 Å². The van der Waals surface area contributed by atoms with Gasteiger partial charge in [0.15, 0.2) is 0 Å². The Labute approximate surface area is 118 Å². The third-order valence-corrected chi connectivity index (χ3v) is 3.33. The number of nitrogens with one attached hydrogen (secondary N) is 2. The third kappa shape index (κ3) is 4.09. The summed E-state index contributed by atoms with van der Waals surface area (Å²) in [5.41, 5.74) is 1.64. The largest absolute Gasteiger partial charge is 0.385 e. The summed E-state index contributed by atoms with van der Waals surface area (Å²) in [4.78, 5) is 10.6. The number of benzene rings is 1. The van der Waals surface area contributed by atoms with Crippen molar-refractivity contribution in [3.8, 4) is 0 Å². The van der Waals surface area contributed by atoms with E-state index in [1.807, 2.05) is 13.0 Å². The lowest BCUT2D eigenvalue weighted by Gasteiger charge is -2.12. The second kappa shape index (κ2) is 7.09. The van der Waals surface area contributed by atoms with Gasteiger partial charge >= 0.3 is 0 Å². The van der Waals surface area contributed by atoms with Crippen molar-refractivity contribution < 1.29 is 9.66 Å². The molecule has 0 aromatic heterocycles. The smallest absolute Gasteiger partial charge is 0.273 e. The fraction of sp³-hybridized carbons (Fsp3) is 0.571.